The summed E-state index contributed by atoms with van der Waals surface area (Å²) in [6, 6.07) is 7.10. The summed E-state index contributed by atoms with van der Waals surface area (Å²) in [4.78, 5) is 129. The van der Waals surface area contributed by atoms with E-state index in [-0.39, 0.29) is 71.8 Å². The summed E-state index contributed by atoms with van der Waals surface area (Å²) in [5.41, 5.74) is 18.9. The molecule has 7 atom stereocenters. The predicted molar refractivity (Wildman–Crippen MR) is 255 cm³/mol. The molecule has 0 spiro atoms. The Bertz CT molecular complexity index is 2290. The van der Waals surface area contributed by atoms with Crippen LogP contribution in [0.25, 0.3) is 10.9 Å². The van der Waals surface area contributed by atoms with Crippen molar-refractivity contribution in [2.75, 3.05) is 13.1 Å². The third-order valence-corrected chi connectivity index (χ3v) is 11.2. The van der Waals surface area contributed by atoms with Gasteiger partial charge in [-0.05, 0) is 56.2 Å². The highest BCUT2D eigenvalue weighted by Crippen LogP contribution is 2.19. The number of aromatic amines is 1. The largest absolute Gasteiger partial charge is 0.370 e. The number of benzene rings is 2. The number of H-pyrrole nitrogens is 1. The second-order valence-electron chi connectivity index (χ2n) is 16.7. The van der Waals surface area contributed by atoms with Crippen molar-refractivity contribution < 1.29 is 44.6 Å². The van der Waals surface area contributed by atoms with Gasteiger partial charge in [0.15, 0.2) is 5.96 Å². The molecular formula is C46H67N13O9. The first kappa shape index (κ1) is 53.1. The zero-order valence-electron chi connectivity index (χ0n) is 38.7. The second kappa shape index (κ2) is 26.6. The summed E-state index contributed by atoms with van der Waals surface area (Å²) >= 11 is 0. The number of unbranched alkanes of at least 4 members (excludes halogenated alkanes) is 1. The van der Waals surface area contributed by atoms with Crippen LogP contribution in [-0.2, 0) is 56.0 Å². The zero-order chi connectivity index (χ0) is 49.8. The van der Waals surface area contributed by atoms with E-state index in [0.717, 1.165) is 10.9 Å². The lowest BCUT2D eigenvalue weighted by Gasteiger charge is -2.27. The Balaban J connectivity index is 0.0000126. The molecule has 370 valence electrons. The number of guanidine groups is 1. The van der Waals surface area contributed by atoms with E-state index in [2.05, 4.69) is 52.5 Å². The topological polar surface area (TPSA) is 356 Å². The van der Waals surface area contributed by atoms with Gasteiger partial charge in [-0.3, -0.25) is 48.1 Å². The van der Waals surface area contributed by atoms with E-state index in [1.807, 2.05) is 31.2 Å². The number of hydrogen-bond donors (Lipinski definition) is 12. The predicted octanol–water partition coefficient (Wildman–Crippen LogP) is -1.34. The van der Waals surface area contributed by atoms with Gasteiger partial charge in [0.1, 0.15) is 42.3 Å². The van der Waals surface area contributed by atoms with Crippen LogP contribution in [0.15, 0.2) is 65.8 Å². The summed E-state index contributed by atoms with van der Waals surface area (Å²) in [6.45, 7) is 4.40. The fraction of sp³-hybridized carbons (Fsp3) is 0.478. The Hall–Kier alpha value is -7.52. The van der Waals surface area contributed by atoms with Gasteiger partial charge in [-0.1, -0.05) is 68.3 Å². The first-order valence-corrected chi connectivity index (χ1v) is 22.7. The minimum atomic E-state index is -1.42. The third-order valence-electron chi connectivity index (χ3n) is 11.2. The number of aromatic nitrogens is 1. The minimum absolute atomic E-state index is 0. The third kappa shape index (κ3) is 17.0. The molecule has 1 aliphatic rings. The molecule has 0 radical (unpaired) electrons. The zero-order valence-corrected chi connectivity index (χ0v) is 38.7. The lowest BCUT2D eigenvalue weighted by molar-refractivity contribution is -0.135. The molecule has 22 heteroatoms. The molecule has 2 heterocycles. The number of para-hydroxylation sites is 1. The molecule has 0 unspecified atom stereocenters. The fourth-order valence-corrected chi connectivity index (χ4v) is 7.52. The number of nitrogens with one attached hydrogen (secondary N) is 9. The maximum atomic E-state index is 14.3. The van der Waals surface area contributed by atoms with E-state index in [9.17, 15) is 43.2 Å². The van der Waals surface area contributed by atoms with Crippen molar-refractivity contribution >= 4 is 70.0 Å². The van der Waals surface area contributed by atoms with Gasteiger partial charge in [0.2, 0.25) is 53.2 Å². The monoisotopic (exact) mass is 946 g/mol. The van der Waals surface area contributed by atoms with Gasteiger partial charge in [0, 0.05) is 57.8 Å². The van der Waals surface area contributed by atoms with E-state index in [0.29, 0.717) is 24.0 Å². The Morgan fingerprint density at radius 3 is 2.19 bits per heavy atom. The molecule has 15 N–H and O–H groups in total. The average molecular weight is 946 g/mol. The van der Waals surface area contributed by atoms with Gasteiger partial charge >= 0.3 is 0 Å². The van der Waals surface area contributed by atoms with Gasteiger partial charge in [0.25, 0.3) is 0 Å². The van der Waals surface area contributed by atoms with E-state index in [1.54, 1.807) is 36.5 Å². The molecule has 1 aliphatic heterocycles. The van der Waals surface area contributed by atoms with Gasteiger partial charge in [0.05, 0.1) is 0 Å². The molecule has 9 amide bonds. The first-order chi connectivity index (χ1) is 32.4. The lowest BCUT2D eigenvalue weighted by Crippen LogP contribution is -2.60. The van der Waals surface area contributed by atoms with E-state index in [1.165, 1.54) is 13.8 Å². The molecule has 4 rings (SSSR count). The van der Waals surface area contributed by atoms with Crippen LogP contribution in [0.2, 0.25) is 0 Å². The number of amides is 9. The number of hydrogen-bond acceptors (Lipinski definition) is 10. The van der Waals surface area contributed by atoms with Crippen LogP contribution in [0.4, 0.5) is 0 Å². The van der Waals surface area contributed by atoms with Crippen LogP contribution in [0.5, 0.6) is 0 Å². The van der Waals surface area contributed by atoms with Crippen LogP contribution in [0.1, 0.15) is 84.7 Å². The molecule has 1 fully saturated rings. The standard InChI is InChI=1S/C46H65N13O9.H2/c1-4-5-15-32(54-27(3)60)42(65)56-34-18-19-38(61)50-22-20-35(44(67)58-36(39(47)62)24-29-25-52-31-16-10-9-14-30(29)31)57-43(66)33(17-11-21-51-46(48)49)55-45(68)37(23-28-12-7-6-8-13-28)59-40(63)26(2)53-41(34)64;/h6-10,12-14,16,25-26,32-37,52H,4-5,11,15,17-24H2,1-3H3,(H2,47,62)(H,50,61)(H,53,64)(H,54,60)(H,55,68)(H,56,65)(H,57,66)(H,58,67)(H,59,63)(H4,48,49,51);1H/t26-,32-,33-,34-,35-,36-,37+;/m0./s1. The molecule has 1 saturated heterocycles. The Morgan fingerprint density at radius 2 is 1.50 bits per heavy atom. The molecular weight excluding hydrogens is 879 g/mol. The van der Waals surface area contributed by atoms with Gasteiger partial charge in [-0.2, -0.15) is 0 Å². The highest BCUT2D eigenvalue weighted by atomic mass is 16.2. The number of fused-ring (bicyclic) bond motifs is 1. The molecule has 3 aromatic rings. The number of primary amides is 1. The number of aliphatic imine (C=N–C) groups is 1. The Morgan fingerprint density at radius 1 is 0.809 bits per heavy atom. The number of nitrogens with zero attached hydrogens (tertiary/aromatic N) is 1. The Kier molecular flexibility index (Phi) is 20.8. The fourth-order valence-electron chi connectivity index (χ4n) is 7.52. The van der Waals surface area contributed by atoms with Crippen molar-refractivity contribution in [1.29, 1.82) is 0 Å². The molecule has 68 heavy (non-hydrogen) atoms. The average Bonchev–Trinajstić information content (AvgIpc) is 3.71. The summed E-state index contributed by atoms with van der Waals surface area (Å²) in [7, 11) is 0. The van der Waals surface area contributed by atoms with Crippen LogP contribution in [0, 0.1) is 0 Å². The maximum absolute atomic E-state index is 14.3. The molecule has 0 aliphatic carbocycles. The second-order valence-corrected chi connectivity index (χ2v) is 16.7. The van der Waals surface area contributed by atoms with Crippen LogP contribution >= 0.6 is 0 Å². The van der Waals surface area contributed by atoms with E-state index < -0.39 is 95.5 Å². The molecule has 0 bridgehead atoms. The highest BCUT2D eigenvalue weighted by Gasteiger charge is 2.34. The van der Waals surface area contributed by atoms with Crippen molar-refractivity contribution in [2.45, 2.75) is 127 Å². The quantitative estimate of drug-likeness (QED) is 0.0427. The lowest BCUT2D eigenvalue weighted by atomic mass is 10.0. The SMILES string of the molecule is CCCC[C@H](NC(C)=O)C(=O)N[C@H]1CCC(=O)NCC[C@@H](C(=O)N[C@@H](Cc2c[nH]c3ccccc23)C(N)=O)NC(=O)[C@H](CCCN=C(N)N)NC(=O)[C@@H](Cc2ccccc2)NC(=O)[C@H](C)NC1=O.[HH]. The molecule has 22 nitrogen and oxygen atoms in total. The van der Waals surface area contributed by atoms with Crippen molar-refractivity contribution in [2.24, 2.45) is 22.2 Å². The van der Waals surface area contributed by atoms with Crippen LogP contribution < -0.4 is 59.7 Å². The summed E-state index contributed by atoms with van der Waals surface area (Å²) < 4.78 is 0. The number of nitrogens with two attached hydrogens (primary N) is 3. The molecule has 1 aromatic heterocycles. The normalized spacial score (nSPS) is 20.8. The summed E-state index contributed by atoms with van der Waals surface area (Å²) in [5.74, 6) is -6.85. The first-order valence-electron chi connectivity index (χ1n) is 22.7. The molecule has 0 saturated carbocycles. The summed E-state index contributed by atoms with van der Waals surface area (Å²) in [6.07, 6.45) is 2.53. The maximum Gasteiger partial charge on any atom is 0.243 e. The van der Waals surface area contributed by atoms with Crippen LogP contribution in [-0.4, -0.2) is 119 Å². The van der Waals surface area contributed by atoms with Gasteiger partial charge < -0.3 is 64.7 Å². The minimum Gasteiger partial charge on any atom is -0.370 e. The van der Waals surface area contributed by atoms with Crippen molar-refractivity contribution in [3.8, 4) is 0 Å². The number of carbonyl (C=O) groups excluding carboxylic acids is 9. The van der Waals surface area contributed by atoms with E-state index >= 15 is 0 Å². The smallest absolute Gasteiger partial charge is 0.243 e. The number of rotatable bonds is 17. The highest BCUT2D eigenvalue weighted by molar-refractivity contribution is 5.98. The molecule has 2 aromatic carbocycles. The van der Waals surface area contributed by atoms with E-state index in [4.69, 9.17) is 17.2 Å². The Labute approximate surface area is 395 Å². The van der Waals surface area contributed by atoms with Crippen molar-refractivity contribution in [1.82, 2.24) is 47.5 Å². The number of carbonyl (C=O) groups is 9. The van der Waals surface area contributed by atoms with Crippen molar-refractivity contribution in [3.63, 3.8) is 0 Å². The summed E-state index contributed by atoms with van der Waals surface area (Å²) in [5, 5.41) is 21.9. The van der Waals surface area contributed by atoms with Crippen LogP contribution in [0.3, 0.4) is 0 Å². The van der Waals surface area contributed by atoms with Gasteiger partial charge in [-0.15, -0.1) is 0 Å². The van der Waals surface area contributed by atoms with Crippen molar-refractivity contribution in [3.05, 3.63) is 71.9 Å². The van der Waals surface area contributed by atoms with Gasteiger partial charge in [-0.25, -0.2) is 0 Å².